The van der Waals surface area contributed by atoms with Gasteiger partial charge in [0.2, 0.25) is 5.95 Å². The van der Waals surface area contributed by atoms with Crippen molar-refractivity contribution < 1.29 is 9.47 Å². The maximum atomic E-state index is 5.58. The molecule has 2 aromatic carbocycles. The second kappa shape index (κ2) is 7.07. The molecule has 6 nitrogen and oxygen atoms in total. The lowest BCUT2D eigenvalue weighted by atomic mass is 9.93. The minimum atomic E-state index is 0.0569. The zero-order valence-corrected chi connectivity index (χ0v) is 14.9. The normalized spacial score (nSPS) is 18.7. The van der Waals surface area contributed by atoms with Crippen molar-refractivity contribution in [3.63, 3.8) is 0 Å². The zero-order chi connectivity index (χ0) is 17.9. The van der Waals surface area contributed by atoms with Crippen LogP contribution in [-0.4, -0.2) is 28.5 Å². The highest BCUT2D eigenvalue weighted by Crippen LogP contribution is 2.40. The van der Waals surface area contributed by atoms with Crippen LogP contribution in [0, 0.1) is 0 Å². The fraction of sp³-hybridized carbons (Fsp3) is 0.300. The van der Waals surface area contributed by atoms with Crippen LogP contribution in [0.2, 0.25) is 0 Å². The van der Waals surface area contributed by atoms with Gasteiger partial charge in [-0.3, -0.25) is 0 Å². The first-order chi connectivity index (χ1) is 12.8. The molecule has 0 amide bonds. The first-order valence-corrected chi connectivity index (χ1v) is 8.82. The fourth-order valence-corrected chi connectivity index (χ4v) is 3.50. The summed E-state index contributed by atoms with van der Waals surface area (Å²) in [5.41, 5.74) is 2.31. The number of rotatable bonds is 5. The Bertz CT molecular complexity index is 876. The van der Waals surface area contributed by atoms with Gasteiger partial charge < -0.3 is 14.8 Å². The van der Waals surface area contributed by atoms with Crippen molar-refractivity contribution in [2.24, 2.45) is 0 Å². The summed E-state index contributed by atoms with van der Waals surface area (Å²) in [4.78, 5) is 4.39. The summed E-state index contributed by atoms with van der Waals surface area (Å²) >= 11 is 0. The summed E-state index contributed by atoms with van der Waals surface area (Å²) < 4.78 is 13.1. The highest BCUT2D eigenvalue weighted by Gasteiger charge is 2.31. The summed E-state index contributed by atoms with van der Waals surface area (Å²) in [6.45, 7) is 2.65. The van der Waals surface area contributed by atoms with Gasteiger partial charge in [-0.15, -0.1) is 0 Å². The Hall–Kier alpha value is -3.02. The van der Waals surface area contributed by atoms with Crippen molar-refractivity contribution in [2.45, 2.75) is 25.4 Å². The van der Waals surface area contributed by atoms with E-state index in [-0.39, 0.29) is 12.1 Å². The molecule has 2 atom stereocenters. The largest absolute Gasteiger partial charge is 0.496 e. The number of ether oxygens (including phenoxy) is 2. The number of benzene rings is 2. The average Bonchev–Trinajstić information content (AvgIpc) is 3.17. The van der Waals surface area contributed by atoms with E-state index in [2.05, 4.69) is 33.6 Å². The number of aromatic nitrogens is 3. The van der Waals surface area contributed by atoms with Crippen molar-refractivity contribution >= 4 is 5.95 Å². The number of nitrogens with zero attached hydrogens (tertiary/aromatic N) is 3. The smallest absolute Gasteiger partial charge is 0.222 e. The molecular formula is C20H22N4O2. The van der Waals surface area contributed by atoms with Crippen LogP contribution in [0.3, 0.4) is 0 Å². The Kier molecular flexibility index (Phi) is 4.48. The molecule has 0 saturated heterocycles. The lowest BCUT2D eigenvalue weighted by Crippen LogP contribution is -2.28. The molecule has 0 aliphatic carbocycles. The molecule has 6 heteroatoms. The lowest BCUT2D eigenvalue weighted by molar-refractivity contribution is 0.340. The number of nitrogens with one attached hydrogen (secondary N) is 1. The van der Waals surface area contributed by atoms with E-state index in [1.54, 1.807) is 13.4 Å². The molecule has 0 unspecified atom stereocenters. The summed E-state index contributed by atoms with van der Waals surface area (Å²) in [5, 5.41) is 7.91. The molecule has 26 heavy (non-hydrogen) atoms. The van der Waals surface area contributed by atoms with Gasteiger partial charge in [0, 0.05) is 5.56 Å². The molecule has 0 fully saturated rings. The third-order valence-electron chi connectivity index (χ3n) is 4.72. The van der Waals surface area contributed by atoms with Gasteiger partial charge in [-0.2, -0.15) is 10.1 Å². The van der Waals surface area contributed by atoms with Gasteiger partial charge in [-0.05, 0) is 37.1 Å². The van der Waals surface area contributed by atoms with E-state index in [1.807, 2.05) is 41.9 Å². The first kappa shape index (κ1) is 16.4. The molecule has 4 rings (SSSR count). The van der Waals surface area contributed by atoms with Crippen molar-refractivity contribution in [3.8, 4) is 11.5 Å². The van der Waals surface area contributed by atoms with Gasteiger partial charge in [0.05, 0.1) is 25.8 Å². The molecule has 1 N–H and O–H groups in total. The Morgan fingerprint density at radius 1 is 1.15 bits per heavy atom. The van der Waals surface area contributed by atoms with E-state index in [1.165, 1.54) is 5.56 Å². The third-order valence-corrected chi connectivity index (χ3v) is 4.72. The van der Waals surface area contributed by atoms with Crippen LogP contribution < -0.4 is 14.8 Å². The highest BCUT2D eigenvalue weighted by atomic mass is 16.5. The lowest BCUT2D eigenvalue weighted by Gasteiger charge is -2.32. The molecule has 0 radical (unpaired) electrons. The van der Waals surface area contributed by atoms with Crippen LogP contribution in [0.5, 0.6) is 11.5 Å². The zero-order valence-electron chi connectivity index (χ0n) is 14.9. The van der Waals surface area contributed by atoms with Gasteiger partial charge in [-0.25, -0.2) is 4.68 Å². The van der Waals surface area contributed by atoms with E-state index in [0.717, 1.165) is 29.4 Å². The molecule has 1 aliphatic rings. The van der Waals surface area contributed by atoms with Gasteiger partial charge in [-0.1, -0.05) is 30.3 Å². The predicted octanol–water partition coefficient (Wildman–Crippen LogP) is 3.83. The number of hydrogen-bond donors (Lipinski definition) is 1. The minimum Gasteiger partial charge on any atom is -0.496 e. The maximum Gasteiger partial charge on any atom is 0.222 e. The molecule has 0 bridgehead atoms. The standard InChI is InChI=1S/C20H22N4O2/c1-3-26-15-10-8-14(9-11-15)17-12-18(24-20(23-17)21-13-22-24)16-6-4-5-7-19(16)25-2/h4-11,13,17-18H,3,12H2,1-2H3,(H,21,22,23)/t17-,18-/m1/s1. The number of para-hydroxylation sites is 1. The molecule has 1 aromatic heterocycles. The molecule has 2 heterocycles. The van der Waals surface area contributed by atoms with Gasteiger partial charge in [0.25, 0.3) is 0 Å². The number of hydrogen-bond acceptors (Lipinski definition) is 5. The Morgan fingerprint density at radius 3 is 2.73 bits per heavy atom. The van der Waals surface area contributed by atoms with Gasteiger partial charge in [0.15, 0.2) is 0 Å². The van der Waals surface area contributed by atoms with E-state index >= 15 is 0 Å². The third kappa shape index (κ3) is 2.98. The molecule has 134 valence electrons. The van der Waals surface area contributed by atoms with Crippen LogP contribution in [0.1, 0.15) is 36.6 Å². The van der Waals surface area contributed by atoms with Crippen LogP contribution in [-0.2, 0) is 0 Å². The summed E-state index contributed by atoms with van der Waals surface area (Å²) in [5.74, 6) is 2.52. The number of fused-ring (bicyclic) bond motifs is 1. The van der Waals surface area contributed by atoms with E-state index in [4.69, 9.17) is 9.47 Å². The van der Waals surface area contributed by atoms with Crippen molar-refractivity contribution in [1.29, 1.82) is 0 Å². The number of anilines is 1. The molecule has 1 aliphatic heterocycles. The summed E-state index contributed by atoms with van der Waals surface area (Å²) in [6.07, 6.45) is 2.44. The average molecular weight is 350 g/mol. The fourth-order valence-electron chi connectivity index (χ4n) is 3.50. The minimum absolute atomic E-state index is 0.0569. The van der Waals surface area contributed by atoms with Crippen LogP contribution >= 0.6 is 0 Å². The Labute approximate surface area is 152 Å². The van der Waals surface area contributed by atoms with Crippen molar-refractivity contribution in [1.82, 2.24) is 14.8 Å². The first-order valence-electron chi connectivity index (χ1n) is 8.82. The van der Waals surface area contributed by atoms with Crippen LogP contribution in [0.15, 0.2) is 54.9 Å². The van der Waals surface area contributed by atoms with Crippen LogP contribution in [0.4, 0.5) is 5.95 Å². The van der Waals surface area contributed by atoms with Gasteiger partial charge >= 0.3 is 0 Å². The molecule has 3 aromatic rings. The number of methoxy groups -OCH3 is 1. The van der Waals surface area contributed by atoms with E-state index in [9.17, 15) is 0 Å². The molecule has 0 spiro atoms. The van der Waals surface area contributed by atoms with Gasteiger partial charge in [0.1, 0.15) is 17.8 Å². The van der Waals surface area contributed by atoms with E-state index < -0.39 is 0 Å². The van der Waals surface area contributed by atoms with E-state index in [0.29, 0.717) is 6.61 Å². The maximum absolute atomic E-state index is 5.58. The van der Waals surface area contributed by atoms with Crippen molar-refractivity contribution in [3.05, 3.63) is 66.0 Å². The topological polar surface area (TPSA) is 61.2 Å². The SMILES string of the molecule is CCOc1ccc([C@H]2C[C@H](c3ccccc3OC)n3ncnc3N2)cc1. The summed E-state index contributed by atoms with van der Waals surface area (Å²) in [7, 11) is 1.70. The predicted molar refractivity (Wildman–Crippen MR) is 99.7 cm³/mol. The highest BCUT2D eigenvalue weighted by molar-refractivity contribution is 5.43. The summed E-state index contributed by atoms with van der Waals surface area (Å²) in [6, 6.07) is 16.5. The Balaban J connectivity index is 1.68. The van der Waals surface area contributed by atoms with Crippen LogP contribution in [0.25, 0.3) is 0 Å². The molecular weight excluding hydrogens is 328 g/mol. The van der Waals surface area contributed by atoms with Crippen molar-refractivity contribution in [2.75, 3.05) is 19.0 Å². The quantitative estimate of drug-likeness (QED) is 0.758. The molecule has 0 saturated carbocycles. The Morgan fingerprint density at radius 2 is 1.96 bits per heavy atom. The monoisotopic (exact) mass is 350 g/mol. The second-order valence-corrected chi connectivity index (χ2v) is 6.22. The second-order valence-electron chi connectivity index (χ2n) is 6.22.